The van der Waals surface area contributed by atoms with Crippen LogP contribution in [0.25, 0.3) is 0 Å². The van der Waals surface area contributed by atoms with Gasteiger partial charge in [-0.3, -0.25) is 9.59 Å². The molecule has 1 amide bonds. The van der Waals surface area contributed by atoms with E-state index >= 15 is 0 Å². The Morgan fingerprint density at radius 3 is 2.59 bits per heavy atom. The summed E-state index contributed by atoms with van der Waals surface area (Å²) < 4.78 is 0. The maximum atomic E-state index is 12.3. The highest BCUT2D eigenvalue weighted by Crippen LogP contribution is 2.35. The van der Waals surface area contributed by atoms with Gasteiger partial charge in [0.1, 0.15) is 0 Å². The van der Waals surface area contributed by atoms with Gasteiger partial charge in [-0.05, 0) is 30.9 Å². The van der Waals surface area contributed by atoms with E-state index in [0.717, 1.165) is 5.69 Å². The van der Waals surface area contributed by atoms with E-state index in [1.54, 1.807) is 19.1 Å². The number of amides is 1. The van der Waals surface area contributed by atoms with Crippen molar-refractivity contribution in [2.24, 2.45) is 5.41 Å². The second-order valence-electron chi connectivity index (χ2n) is 6.57. The molecule has 0 atom stereocenters. The lowest BCUT2D eigenvalue weighted by Crippen LogP contribution is -2.32. The molecule has 22 heavy (non-hydrogen) atoms. The first-order valence-electron chi connectivity index (χ1n) is 7.35. The van der Waals surface area contributed by atoms with Gasteiger partial charge in [0.2, 0.25) is 0 Å². The number of carbonyl (C=O) groups excluding carboxylic acids is 2. The third-order valence-electron chi connectivity index (χ3n) is 3.96. The Morgan fingerprint density at radius 2 is 1.91 bits per heavy atom. The standard InChI is InChI=1S/C17H19N3O2/c1-11-15-13(9-17(2,3)10-14(15)21)20(18-11)19-16(22)12-7-5-4-6-8-12/h4-8H,9-10H2,1-3H3,(H,19,22). The average Bonchev–Trinajstić information content (AvgIpc) is 2.74. The summed E-state index contributed by atoms with van der Waals surface area (Å²) in [6.07, 6.45) is 1.23. The van der Waals surface area contributed by atoms with Gasteiger partial charge in [0.05, 0.1) is 17.0 Å². The molecule has 0 spiro atoms. The summed E-state index contributed by atoms with van der Waals surface area (Å²) in [6, 6.07) is 8.97. The molecule has 1 aromatic carbocycles. The van der Waals surface area contributed by atoms with Gasteiger partial charge < -0.3 is 0 Å². The maximum absolute atomic E-state index is 12.3. The molecule has 0 fully saturated rings. The van der Waals surface area contributed by atoms with E-state index < -0.39 is 0 Å². The van der Waals surface area contributed by atoms with E-state index in [1.165, 1.54) is 4.79 Å². The molecule has 0 saturated heterocycles. The maximum Gasteiger partial charge on any atom is 0.271 e. The van der Waals surface area contributed by atoms with E-state index in [-0.39, 0.29) is 17.1 Å². The topological polar surface area (TPSA) is 64.0 Å². The smallest absolute Gasteiger partial charge is 0.271 e. The zero-order valence-electron chi connectivity index (χ0n) is 13.0. The number of ketones is 1. The number of Topliss-reactive ketones (excluding diaryl/α,β-unsaturated/α-hetero) is 1. The van der Waals surface area contributed by atoms with Gasteiger partial charge in [-0.1, -0.05) is 32.0 Å². The lowest BCUT2D eigenvalue weighted by molar-refractivity contribution is 0.0906. The molecule has 0 bridgehead atoms. The van der Waals surface area contributed by atoms with Crippen LogP contribution in [0.1, 0.15) is 52.4 Å². The summed E-state index contributed by atoms with van der Waals surface area (Å²) in [5.41, 5.74) is 5.35. The van der Waals surface area contributed by atoms with Gasteiger partial charge >= 0.3 is 0 Å². The molecular weight excluding hydrogens is 278 g/mol. The molecule has 1 aliphatic carbocycles. The molecule has 2 aromatic rings. The van der Waals surface area contributed by atoms with Gasteiger partial charge in [0.15, 0.2) is 5.78 Å². The zero-order valence-corrected chi connectivity index (χ0v) is 13.0. The predicted molar refractivity (Wildman–Crippen MR) is 83.5 cm³/mol. The number of nitrogens with one attached hydrogen (secondary N) is 1. The number of hydrogen-bond acceptors (Lipinski definition) is 3. The van der Waals surface area contributed by atoms with Crippen LogP contribution in [0.5, 0.6) is 0 Å². The largest absolute Gasteiger partial charge is 0.294 e. The molecule has 0 unspecified atom stereocenters. The normalized spacial score (nSPS) is 16.2. The van der Waals surface area contributed by atoms with Crippen LogP contribution in [0.2, 0.25) is 0 Å². The van der Waals surface area contributed by atoms with Gasteiger partial charge in [0, 0.05) is 12.0 Å². The number of nitrogens with zero attached hydrogens (tertiary/aromatic N) is 2. The number of carbonyl (C=O) groups is 2. The zero-order chi connectivity index (χ0) is 15.9. The highest BCUT2D eigenvalue weighted by atomic mass is 16.2. The fourth-order valence-corrected chi connectivity index (χ4v) is 2.98. The minimum absolute atomic E-state index is 0.101. The molecule has 1 aromatic heterocycles. The first-order valence-corrected chi connectivity index (χ1v) is 7.35. The number of aromatic nitrogens is 2. The highest BCUT2D eigenvalue weighted by Gasteiger charge is 2.35. The summed E-state index contributed by atoms with van der Waals surface area (Å²) in [5, 5.41) is 4.34. The molecule has 1 aliphatic rings. The summed E-state index contributed by atoms with van der Waals surface area (Å²) in [7, 11) is 0. The molecule has 1 N–H and O–H groups in total. The molecule has 0 saturated carbocycles. The van der Waals surface area contributed by atoms with Crippen LogP contribution in [-0.2, 0) is 6.42 Å². The third-order valence-corrected chi connectivity index (χ3v) is 3.96. The number of benzene rings is 1. The van der Waals surface area contributed by atoms with Crippen molar-refractivity contribution in [2.75, 3.05) is 5.43 Å². The Balaban J connectivity index is 1.95. The number of rotatable bonds is 2. The molecular formula is C17H19N3O2. The van der Waals surface area contributed by atoms with Gasteiger partial charge in [-0.25, -0.2) is 5.43 Å². The van der Waals surface area contributed by atoms with E-state index in [0.29, 0.717) is 29.7 Å². The van der Waals surface area contributed by atoms with Crippen LogP contribution in [-0.4, -0.2) is 21.6 Å². The lowest BCUT2D eigenvalue weighted by atomic mass is 9.76. The first-order chi connectivity index (χ1) is 10.4. The quantitative estimate of drug-likeness (QED) is 0.927. The Labute approximate surface area is 129 Å². The SMILES string of the molecule is Cc1nn(NC(=O)c2ccccc2)c2c1C(=O)CC(C)(C)C2. The third kappa shape index (κ3) is 2.54. The molecule has 114 valence electrons. The summed E-state index contributed by atoms with van der Waals surface area (Å²) in [5.74, 6) is -0.134. The first kappa shape index (κ1) is 14.5. The van der Waals surface area contributed by atoms with Crippen molar-refractivity contribution in [1.29, 1.82) is 0 Å². The van der Waals surface area contributed by atoms with Crippen LogP contribution in [0.15, 0.2) is 30.3 Å². The van der Waals surface area contributed by atoms with Crippen molar-refractivity contribution < 1.29 is 9.59 Å². The summed E-state index contributed by atoms with van der Waals surface area (Å²) >= 11 is 0. The molecule has 5 heteroatoms. The lowest BCUT2D eigenvalue weighted by Gasteiger charge is -2.28. The van der Waals surface area contributed by atoms with Crippen molar-refractivity contribution in [3.05, 3.63) is 52.8 Å². The van der Waals surface area contributed by atoms with E-state index in [4.69, 9.17) is 0 Å². The van der Waals surface area contributed by atoms with Crippen LogP contribution in [0.3, 0.4) is 0 Å². The van der Waals surface area contributed by atoms with E-state index in [2.05, 4.69) is 24.4 Å². The van der Waals surface area contributed by atoms with Crippen molar-refractivity contribution >= 4 is 11.7 Å². The molecule has 5 nitrogen and oxygen atoms in total. The number of hydrogen-bond donors (Lipinski definition) is 1. The van der Waals surface area contributed by atoms with E-state index in [9.17, 15) is 9.59 Å². The van der Waals surface area contributed by atoms with Gasteiger partial charge in [-0.2, -0.15) is 9.89 Å². The average molecular weight is 297 g/mol. The van der Waals surface area contributed by atoms with Crippen LogP contribution in [0.4, 0.5) is 0 Å². The van der Waals surface area contributed by atoms with Crippen LogP contribution >= 0.6 is 0 Å². The second kappa shape index (κ2) is 5.09. The Bertz CT molecular complexity index is 745. The summed E-state index contributed by atoms with van der Waals surface area (Å²) in [4.78, 5) is 26.1. The van der Waals surface area contributed by atoms with E-state index in [1.807, 2.05) is 18.2 Å². The summed E-state index contributed by atoms with van der Waals surface area (Å²) in [6.45, 7) is 5.92. The number of fused-ring (bicyclic) bond motifs is 1. The fraction of sp³-hybridized carbons (Fsp3) is 0.353. The highest BCUT2D eigenvalue weighted by molar-refractivity contribution is 6.01. The van der Waals surface area contributed by atoms with Crippen LogP contribution in [0, 0.1) is 12.3 Å². The molecule has 1 heterocycles. The van der Waals surface area contributed by atoms with Gasteiger partial charge in [-0.15, -0.1) is 0 Å². The molecule has 0 radical (unpaired) electrons. The Morgan fingerprint density at radius 1 is 1.23 bits per heavy atom. The molecule has 0 aliphatic heterocycles. The van der Waals surface area contributed by atoms with Gasteiger partial charge in [0.25, 0.3) is 5.91 Å². The van der Waals surface area contributed by atoms with Crippen molar-refractivity contribution in [2.45, 2.75) is 33.6 Å². The monoisotopic (exact) mass is 297 g/mol. The minimum Gasteiger partial charge on any atom is -0.294 e. The number of aryl methyl sites for hydroxylation is 1. The fourth-order valence-electron chi connectivity index (χ4n) is 2.98. The molecule has 3 rings (SSSR count). The van der Waals surface area contributed by atoms with Crippen molar-refractivity contribution in [3.63, 3.8) is 0 Å². The minimum atomic E-state index is -0.235. The Hall–Kier alpha value is -2.43. The predicted octanol–water partition coefficient (Wildman–Crippen LogP) is 2.73. The van der Waals surface area contributed by atoms with Crippen LogP contribution < -0.4 is 5.43 Å². The second-order valence-corrected chi connectivity index (χ2v) is 6.57. The van der Waals surface area contributed by atoms with Crippen molar-refractivity contribution in [1.82, 2.24) is 9.89 Å². The van der Waals surface area contributed by atoms with Crippen molar-refractivity contribution in [3.8, 4) is 0 Å². The Kier molecular flexibility index (Phi) is 3.35.